The SMILES string of the molecule is CC1=C(C)C(=O)C(C(C)(C)CC(=O)N(C)CCCN(CCCN2CCOCC2)C(O)Oc2c(Cc3ccco3)nc3c(Cc4ccccc4)nc(-c4ccccc4)cn23)=C(C)C1=O. The third-order valence-corrected chi connectivity index (χ3v) is 12.3. The maximum Gasteiger partial charge on any atom is 0.261 e. The first-order valence-electron chi connectivity index (χ1n) is 21.9. The molecule has 1 amide bonds. The minimum atomic E-state index is -1.36. The van der Waals surface area contributed by atoms with Gasteiger partial charge in [0.1, 0.15) is 11.5 Å². The number of amides is 1. The van der Waals surface area contributed by atoms with Crippen LogP contribution in [0.5, 0.6) is 5.88 Å². The van der Waals surface area contributed by atoms with Gasteiger partial charge in [0.15, 0.2) is 17.2 Å². The third-order valence-electron chi connectivity index (χ3n) is 12.3. The molecule has 1 fully saturated rings. The van der Waals surface area contributed by atoms with Crippen LogP contribution in [0.2, 0.25) is 0 Å². The van der Waals surface area contributed by atoms with Crippen LogP contribution in [-0.4, -0.2) is 118 Å². The number of hydrogen-bond acceptors (Lipinski definition) is 11. The Morgan fingerprint density at radius 2 is 1.52 bits per heavy atom. The molecule has 1 unspecified atom stereocenters. The first-order valence-corrected chi connectivity index (χ1v) is 21.9. The van der Waals surface area contributed by atoms with Gasteiger partial charge in [-0.3, -0.25) is 23.7 Å². The average molecular weight is 857 g/mol. The smallest absolute Gasteiger partial charge is 0.261 e. The summed E-state index contributed by atoms with van der Waals surface area (Å²) in [6.45, 7) is 14.0. The van der Waals surface area contributed by atoms with Crippen LogP contribution >= 0.6 is 0 Å². The number of ketones is 2. The molecule has 13 nitrogen and oxygen atoms in total. The molecule has 3 aromatic heterocycles. The normalized spacial score (nSPS) is 15.8. The van der Waals surface area contributed by atoms with Crippen molar-refractivity contribution in [3.8, 4) is 17.1 Å². The molecule has 1 saturated heterocycles. The van der Waals surface area contributed by atoms with E-state index >= 15 is 0 Å². The second kappa shape index (κ2) is 20.2. The summed E-state index contributed by atoms with van der Waals surface area (Å²) in [5, 5.41) is 12.1. The van der Waals surface area contributed by atoms with Gasteiger partial charge in [-0.05, 0) is 57.9 Å². The van der Waals surface area contributed by atoms with Crippen LogP contribution < -0.4 is 4.74 Å². The van der Waals surface area contributed by atoms with Crippen molar-refractivity contribution >= 4 is 23.1 Å². The molecular weight excluding hydrogens is 797 g/mol. The van der Waals surface area contributed by atoms with Gasteiger partial charge in [-0.2, -0.15) is 0 Å². The summed E-state index contributed by atoms with van der Waals surface area (Å²) in [4.78, 5) is 56.3. The quantitative estimate of drug-likeness (QED) is 0.0684. The zero-order chi connectivity index (χ0) is 44.7. The predicted molar refractivity (Wildman–Crippen MR) is 241 cm³/mol. The molecule has 332 valence electrons. The summed E-state index contributed by atoms with van der Waals surface area (Å²) in [6.07, 6.45) is 4.41. The second-order valence-corrected chi connectivity index (χ2v) is 17.3. The number of hydrogen-bond donors (Lipinski definition) is 1. The lowest BCUT2D eigenvalue weighted by Crippen LogP contribution is -2.44. The zero-order valence-corrected chi connectivity index (χ0v) is 37.4. The van der Waals surface area contributed by atoms with Gasteiger partial charge in [-0.25, -0.2) is 14.9 Å². The Labute approximate surface area is 370 Å². The van der Waals surface area contributed by atoms with Crippen molar-refractivity contribution in [3.05, 3.63) is 130 Å². The number of benzene rings is 2. The highest BCUT2D eigenvalue weighted by atomic mass is 16.6. The number of aliphatic hydroxyl groups is 1. The Balaban J connectivity index is 1.14. The Morgan fingerprint density at radius 3 is 2.22 bits per heavy atom. The summed E-state index contributed by atoms with van der Waals surface area (Å²) in [5.41, 5.74) is 5.58. The van der Waals surface area contributed by atoms with E-state index in [2.05, 4.69) is 17.0 Å². The molecular formula is C50H60N6O7. The van der Waals surface area contributed by atoms with E-state index in [0.717, 1.165) is 48.6 Å². The van der Waals surface area contributed by atoms with E-state index in [4.69, 9.17) is 23.9 Å². The molecule has 5 aromatic rings. The van der Waals surface area contributed by atoms with Crippen molar-refractivity contribution in [3.63, 3.8) is 0 Å². The molecule has 0 bridgehead atoms. The van der Waals surface area contributed by atoms with Crippen molar-refractivity contribution in [1.29, 1.82) is 0 Å². The van der Waals surface area contributed by atoms with E-state index in [-0.39, 0.29) is 23.9 Å². The van der Waals surface area contributed by atoms with Gasteiger partial charge in [0.2, 0.25) is 11.8 Å². The highest BCUT2D eigenvalue weighted by Gasteiger charge is 2.39. The molecule has 2 aromatic carbocycles. The molecule has 1 aliphatic carbocycles. The molecule has 1 aliphatic heterocycles. The number of furan rings is 1. The molecule has 63 heavy (non-hydrogen) atoms. The minimum absolute atomic E-state index is 0.0648. The Morgan fingerprint density at radius 1 is 0.841 bits per heavy atom. The fraction of sp³-hybridized carbons (Fsp3) is 0.420. The van der Waals surface area contributed by atoms with Gasteiger partial charge < -0.3 is 23.9 Å². The second-order valence-electron chi connectivity index (χ2n) is 17.3. The summed E-state index contributed by atoms with van der Waals surface area (Å²) in [5.74, 6) is 0.622. The number of carbonyl (C=O) groups excluding carboxylic acids is 3. The van der Waals surface area contributed by atoms with Crippen LogP contribution in [0.4, 0.5) is 0 Å². The topological polar surface area (TPSA) is 143 Å². The van der Waals surface area contributed by atoms with E-state index < -0.39 is 11.8 Å². The van der Waals surface area contributed by atoms with E-state index in [1.165, 1.54) is 0 Å². The molecule has 0 saturated carbocycles. The van der Waals surface area contributed by atoms with Crippen molar-refractivity contribution in [1.82, 2.24) is 29.1 Å². The van der Waals surface area contributed by atoms with E-state index in [1.54, 1.807) is 39.0 Å². The number of rotatable bonds is 19. The average Bonchev–Trinajstić information content (AvgIpc) is 3.93. The number of aromatic nitrogens is 3. The first kappa shape index (κ1) is 45.3. The zero-order valence-electron chi connectivity index (χ0n) is 37.4. The van der Waals surface area contributed by atoms with E-state index in [0.29, 0.717) is 97.4 Å². The van der Waals surface area contributed by atoms with Gasteiger partial charge in [0.05, 0.1) is 37.3 Å². The fourth-order valence-corrected chi connectivity index (χ4v) is 8.58. The number of fused-ring (bicyclic) bond motifs is 1. The lowest BCUT2D eigenvalue weighted by Gasteiger charge is -2.33. The van der Waals surface area contributed by atoms with E-state index in [9.17, 15) is 19.5 Å². The number of carbonyl (C=O) groups is 3. The molecule has 1 N–H and O–H groups in total. The van der Waals surface area contributed by atoms with Gasteiger partial charge >= 0.3 is 0 Å². The van der Waals surface area contributed by atoms with Crippen molar-refractivity contribution in [2.45, 2.75) is 73.1 Å². The standard InChI is InChI=1S/C50H60N6O7/c1-34-35(2)46(59)44(36(3)45(34)58)50(4,5)32-43(57)53(6)21-14-23-55(24-15-22-54-25-28-61-29-26-54)49(60)63-48-41(31-39-20-13-27-62-39)52-47-40(30-37-16-9-7-10-17-37)51-42(33-56(47)48)38-18-11-8-12-19-38/h7-13,16-20,27,33,49,60H,14-15,21-26,28-32H2,1-6H3. The third kappa shape index (κ3) is 10.7. The predicted octanol–water partition coefficient (Wildman–Crippen LogP) is 6.92. The number of aliphatic hydroxyl groups excluding tert-OH is 1. The van der Waals surface area contributed by atoms with Crippen molar-refractivity contribution in [2.24, 2.45) is 5.41 Å². The van der Waals surface area contributed by atoms with Crippen LogP contribution in [0.1, 0.15) is 76.6 Å². The number of ether oxygens (including phenoxy) is 2. The number of Topliss-reactive ketones (excluding diaryl/α,β-unsaturated/α-hetero) is 2. The van der Waals surface area contributed by atoms with E-state index in [1.807, 2.05) is 90.0 Å². The lowest BCUT2D eigenvalue weighted by atomic mass is 9.71. The van der Waals surface area contributed by atoms with Crippen LogP contribution in [0.25, 0.3) is 16.9 Å². The highest BCUT2D eigenvalue weighted by Crippen LogP contribution is 2.39. The number of imidazole rings is 1. The molecule has 0 radical (unpaired) electrons. The first-order chi connectivity index (χ1) is 30.3. The van der Waals surface area contributed by atoms with Gasteiger partial charge in [0, 0.05) is 92.1 Å². The molecule has 0 spiro atoms. The fourth-order valence-electron chi connectivity index (χ4n) is 8.58. The van der Waals surface area contributed by atoms with Gasteiger partial charge in [-0.15, -0.1) is 0 Å². The van der Waals surface area contributed by atoms with Gasteiger partial charge in [0.25, 0.3) is 6.41 Å². The summed E-state index contributed by atoms with van der Waals surface area (Å²) in [7, 11) is 1.75. The Kier molecular flexibility index (Phi) is 14.5. The molecule has 1 atom stereocenters. The van der Waals surface area contributed by atoms with Crippen LogP contribution in [0.3, 0.4) is 0 Å². The summed E-state index contributed by atoms with van der Waals surface area (Å²) >= 11 is 0. The molecule has 4 heterocycles. The van der Waals surface area contributed by atoms with Crippen molar-refractivity contribution < 1.29 is 33.4 Å². The Bertz CT molecular complexity index is 2450. The van der Waals surface area contributed by atoms with Crippen molar-refractivity contribution in [2.75, 3.05) is 59.5 Å². The molecule has 2 aliphatic rings. The maximum atomic E-state index is 13.7. The largest absolute Gasteiger partial charge is 0.469 e. The number of nitrogens with zero attached hydrogens (tertiary/aromatic N) is 6. The number of morpholine rings is 1. The lowest BCUT2D eigenvalue weighted by molar-refractivity contribution is -0.140. The number of allylic oxidation sites excluding steroid dienone is 4. The molecule has 7 rings (SSSR count). The summed E-state index contributed by atoms with van der Waals surface area (Å²) < 4.78 is 19.9. The Hall–Kier alpha value is -5.73. The molecule has 13 heteroatoms. The van der Waals surface area contributed by atoms with Gasteiger partial charge in [-0.1, -0.05) is 74.5 Å². The van der Waals surface area contributed by atoms with Crippen LogP contribution in [0, 0.1) is 5.41 Å². The van der Waals surface area contributed by atoms with Crippen LogP contribution in [-0.2, 0) is 32.0 Å². The maximum absolute atomic E-state index is 13.7. The monoisotopic (exact) mass is 856 g/mol. The minimum Gasteiger partial charge on any atom is -0.469 e. The van der Waals surface area contributed by atoms with Crippen LogP contribution in [0.15, 0.2) is 112 Å². The summed E-state index contributed by atoms with van der Waals surface area (Å²) in [6, 6.07) is 23.8. The highest BCUT2D eigenvalue weighted by molar-refractivity contribution is 6.25.